The molecule has 2 heterocycles. The van der Waals surface area contributed by atoms with Crippen LogP contribution in [0.2, 0.25) is 5.02 Å². The highest BCUT2D eigenvalue weighted by atomic mass is 35.5. The van der Waals surface area contributed by atoms with Crippen LogP contribution in [0.3, 0.4) is 0 Å². The van der Waals surface area contributed by atoms with E-state index in [1.54, 1.807) is 13.1 Å². The van der Waals surface area contributed by atoms with Crippen molar-refractivity contribution in [3.63, 3.8) is 0 Å². The van der Waals surface area contributed by atoms with Gasteiger partial charge in [0.2, 0.25) is 0 Å². The smallest absolute Gasteiger partial charge is 0.158 e. The third-order valence-corrected chi connectivity index (χ3v) is 4.43. The van der Waals surface area contributed by atoms with Crippen molar-refractivity contribution in [1.82, 2.24) is 15.0 Å². The van der Waals surface area contributed by atoms with Crippen molar-refractivity contribution in [1.29, 1.82) is 0 Å². The molecule has 0 aliphatic rings. The average molecular weight is 371 g/mol. The fourth-order valence-corrected chi connectivity index (χ4v) is 3.22. The molecule has 0 fully saturated rings. The zero-order valence-electron chi connectivity index (χ0n) is 14.6. The maximum absolute atomic E-state index is 6.48. The second-order valence-corrected chi connectivity index (χ2v) is 6.34. The molecule has 2 aromatic heterocycles. The van der Waals surface area contributed by atoms with Crippen LogP contribution in [0.25, 0.3) is 33.4 Å². The second kappa shape index (κ2) is 7.06. The van der Waals surface area contributed by atoms with Gasteiger partial charge < -0.3 is 5.73 Å². The Balaban J connectivity index is 2.03. The SMILES string of the molecule is CC#Cc1nc(-c2cc(Cl)c3ncccc3c2)c(-c2ccccc2)nc1N. The fraction of sp³-hybridized carbons (Fsp3) is 0.0455. The van der Waals surface area contributed by atoms with Gasteiger partial charge in [-0.1, -0.05) is 53.9 Å². The molecule has 0 unspecified atom stereocenters. The monoisotopic (exact) mass is 370 g/mol. The fourth-order valence-electron chi connectivity index (χ4n) is 2.94. The topological polar surface area (TPSA) is 64.7 Å². The molecule has 130 valence electrons. The Bertz CT molecular complexity index is 1210. The first-order valence-corrected chi connectivity index (χ1v) is 8.75. The first-order chi connectivity index (χ1) is 13.2. The lowest BCUT2D eigenvalue weighted by Crippen LogP contribution is -2.03. The molecule has 0 aliphatic carbocycles. The maximum atomic E-state index is 6.48. The van der Waals surface area contributed by atoms with E-state index in [2.05, 4.69) is 21.8 Å². The minimum Gasteiger partial charge on any atom is -0.381 e. The van der Waals surface area contributed by atoms with Gasteiger partial charge in [-0.3, -0.25) is 4.98 Å². The van der Waals surface area contributed by atoms with Crippen molar-refractivity contribution < 1.29 is 0 Å². The number of nitrogens with zero attached hydrogens (tertiary/aromatic N) is 3. The second-order valence-electron chi connectivity index (χ2n) is 5.93. The summed E-state index contributed by atoms with van der Waals surface area (Å²) in [6.45, 7) is 1.74. The molecule has 0 saturated heterocycles. The molecule has 27 heavy (non-hydrogen) atoms. The van der Waals surface area contributed by atoms with E-state index in [9.17, 15) is 0 Å². The van der Waals surface area contributed by atoms with Crippen LogP contribution in [0.15, 0.2) is 60.8 Å². The summed E-state index contributed by atoms with van der Waals surface area (Å²) in [6.07, 6.45) is 1.72. The van der Waals surface area contributed by atoms with Gasteiger partial charge in [-0.05, 0) is 31.0 Å². The zero-order chi connectivity index (χ0) is 18.8. The quantitative estimate of drug-likeness (QED) is 0.506. The van der Waals surface area contributed by atoms with Gasteiger partial charge >= 0.3 is 0 Å². The Kier molecular flexibility index (Phi) is 4.45. The van der Waals surface area contributed by atoms with E-state index in [0.717, 1.165) is 22.0 Å². The van der Waals surface area contributed by atoms with Crippen molar-refractivity contribution in [3.8, 4) is 34.4 Å². The van der Waals surface area contributed by atoms with Crippen LogP contribution in [0, 0.1) is 11.8 Å². The average Bonchev–Trinajstić information content (AvgIpc) is 2.70. The van der Waals surface area contributed by atoms with E-state index < -0.39 is 0 Å². The Morgan fingerprint density at radius 2 is 1.70 bits per heavy atom. The highest BCUT2D eigenvalue weighted by Crippen LogP contribution is 2.34. The van der Waals surface area contributed by atoms with Gasteiger partial charge in [0, 0.05) is 22.7 Å². The van der Waals surface area contributed by atoms with E-state index >= 15 is 0 Å². The van der Waals surface area contributed by atoms with Crippen LogP contribution < -0.4 is 5.73 Å². The van der Waals surface area contributed by atoms with Crippen LogP contribution >= 0.6 is 11.6 Å². The van der Waals surface area contributed by atoms with Crippen molar-refractivity contribution in [2.75, 3.05) is 5.73 Å². The molecule has 0 spiro atoms. The van der Waals surface area contributed by atoms with Crippen LogP contribution in [0.5, 0.6) is 0 Å². The number of hydrogen-bond acceptors (Lipinski definition) is 4. The summed E-state index contributed by atoms with van der Waals surface area (Å²) in [7, 11) is 0. The Morgan fingerprint density at radius 1 is 0.926 bits per heavy atom. The van der Waals surface area contributed by atoms with E-state index in [0.29, 0.717) is 27.9 Å². The van der Waals surface area contributed by atoms with E-state index in [4.69, 9.17) is 22.3 Å². The molecule has 4 rings (SSSR count). The summed E-state index contributed by atoms with van der Waals surface area (Å²) < 4.78 is 0. The lowest BCUT2D eigenvalue weighted by molar-refractivity contribution is 1.19. The van der Waals surface area contributed by atoms with Gasteiger partial charge in [0.05, 0.1) is 21.9 Å². The number of nitrogen functional groups attached to an aromatic ring is 1. The summed E-state index contributed by atoms with van der Waals surface area (Å²) in [5, 5.41) is 1.49. The Morgan fingerprint density at radius 3 is 2.48 bits per heavy atom. The van der Waals surface area contributed by atoms with E-state index in [1.165, 1.54) is 0 Å². The number of aromatic nitrogens is 3. The number of pyridine rings is 1. The number of nitrogens with two attached hydrogens (primary N) is 1. The number of anilines is 1. The summed E-state index contributed by atoms with van der Waals surface area (Å²) in [5.41, 5.74) is 10.4. The van der Waals surface area contributed by atoms with Gasteiger partial charge in [-0.15, -0.1) is 0 Å². The molecule has 0 radical (unpaired) electrons. The molecular formula is C22H15ClN4. The predicted octanol–water partition coefficient (Wildman–Crippen LogP) is 4.97. The molecule has 0 aliphatic heterocycles. The zero-order valence-corrected chi connectivity index (χ0v) is 15.3. The molecule has 2 N–H and O–H groups in total. The van der Waals surface area contributed by atoms with Crippen LogP contribution in [0.1, 0.15) is 12.6 Å². The van der Waals surface area contributed by atoms with Gasteiger partial charge in [0.25, 0.3) is 0 Å². The summed E-state index contributed by atoms with van der Waals surface area (Å²) >= 11 is 6.48. The van der Waals surface area contributed by atoms with Gasteiger partial charge in [0.15, 0.2) is 11.5 Å². The van der Waals surface area contributed by atoms with Crippen molar-refractivity contribution >= 4 is 28.3 Å². The van der Waals surface area contributed by atoms with Gasteiger partial charge in [-0.2, -0.15) is 0 Å². The summed E-state index contributed by atoms with van der Waals surface area (Å²) in [5.74, 6) is 6.06. The Hall–Kier alpha value is -3.42. The first-order valence-electron chi connectivity index (χ1n) is 8.37. The van der Waals surface area contributed by atoms with Crippen LogP contribution in [-0.4, -0.2) is 15.0 Å². The highest BCUT2D eigenvalue weighted by Gasteiger charge is 2.16. The summed E-state index contributed by atoms with van der Waals surface area (Å²) in [4.78, 5) is 13.7. The van der Waals surface area contributed by atoms with E-state index in [-0.39, 0.29) is 0 Å². The van der Waals surface area contributed by atoms with Gasteiger partial charge in [-0.25, -0.2) is 9.97 Å². The van der Waals surface area contributed by atoms with E-state index in [1.807, 2.05) is 54.6 Å². The minimum absolute atomic E-state index is 0.306. The van der Waals surface area contributed by atoms with Crippen molar-refractivity contribution in [2.45, 2.75) is 6.92 Å². The minimum atomic E-state index is 0.306. The number of benzene rings is 2. The normalized spacial score (nSPS) is 10.4. The molecule has 0 bridgehead atoms. The number of halogens is 1. The Labute approximate surface area is 162 Å². The largest absolute Gasteiger partial charge is 0.381 e. The highest BCUT2D eigenvalue weighted by molar-refractivity contribution is 6.35. The lowest BCUT2D eigenvalue weighted by atomic mass is 10.0. The third kappa shape index (κ3) is 3.21. The standard InChI is InChI=1S/C22H15ClN4/c1-2-7-18-22(24)27-20(14-8-4-3-5-9-14)21(26-18)16-12-15-10-6-11-25-19(15)17(23)13-16/h3-6,8-13H,1H3,(H2,24,27). The lowest BCUT2D eigenvalue weighted by Gasteiger charge is -2.12. The van der Waals surface area contributed by atoms with Crippen molar-refractivity contribution in [2.24, 2.45) is 0 Å². The first kappa shape index (κ1) is 17.0. The molecule has 2 aromatic carbocycles. The molecule has 0 atom stereocenters. The van der Waals surface area contributed by atoms with Crippen molar-refractivity contribution in [3.05, 3.63) is 71.5 Å². The molecule has 0 amide bonds. The molecule has 4 aromatic rings. The molecular weight excluding hydrogens is 356 g/mol. The number of fused-ring (bicyclic) bond motifs is 1. The maximum Gasteiger partial charge on any atom is 0.158 e. The number of rotatable bonds is 2. The molecule has 4 nitrogen and oxygen atoms in total. The molecule has 5 heteroatoms. The molecule has 0 saturated carbocycles. The van der Waals surface area contributed by atoms with Crippen LogP contribution in [-0.2, 0) is 0 Å². The number of hydrogen-bond donors (Lipinski definition) is 1. The van der Waals surface area contributed by atoms with Crippen LogP contribution in [0.4, 0.5) is 5.82 Å². The third-order valence-electron chi connectivity index (χ3n) is 4.15. The summed E-state index contributed by atoms with van der Waals surface area (Å²) in [6, 6.07) is 17.5. The van der Waals surface area contributed by atoms with Gasteiger partial charge in [0.1, 0.15) is 0 Å². The predicted molar refractivity (Wildman–Crippen MR) is 110 cm³/mol.